The Labute approximate surface area is 174 Å². The Balaban J connectivity index is 1.40. The van der Waals surface area contributed by atoms with E-state index >= 15 is 0 Å². The lowest BCUT2D eigenvalue weighted by Crippen LogP contribution is -2.41. The Morgan fingerprint density at radius 2 is 1.60 bits per heavy atom. The van der Waals surface area contributed by atoms with Gasteiger partial charge in [0, 0.05) is 29.6 Å². The molecule has 1 aliphatic heterocycles. The van der Waals surface area contributed by atoms with Crippen LogP contribution in [0.5, 0.6) is 0 Å². The summed E-state index contributed by atoms with van der Waals surface area (Å²) in [6.07, 6.45) is 1.71. The third-order valence-corrected chi connectivity index (χ3v) is 7.04. The summed E-state index contributed by atoms with van der Waals surface area (Å²) in [5, 5.41) is 0.895. The number of benzene rings is 2. The normalized spacial score (nSPS) is 14.7. The van der Waals surface area contributed by atoms with Gasteiger partial charge in [-0.25, -0.2) is 8.42 Å². The van der Waals surface area contributed by atoms with Crippen molar-refractivity contribution in [2.24, 2.45) is 0 Å². The lowest BCUT2D eigenvalue weighted by atomic mass is 10.2. The molecule has 3 aromatic rings. The Kier molecular flexibility index (Phi) is 5.31. The average Bonchev–Trinajstić information content (AvgIpc) is 3.42. The summed E-state index contributed by atoms with van der Waals surface area (Å²) in [7, 11) is -3.53. The average molecular weight is 426 g/mol. The molecule has 9 heteroatoms. The zero-order chi connectivity index (χ0) is 21.3. The second-order valence-corrected chi connectivity index (χ2v) is 9.26. The highest BCUT2D eigenvalue weighted by atomic mass is 32.2. The number of sulfonamides is 1. The van der Waals surface area contributed by atoms with Gasteiger partial charge < -0.3 is 4.98 Å². The van der Waals surface area contributed by atoms with Crippen molar-refractivity contribution in [2.45, 2.75) is 24.7 Å². The highest BCUT2D eigenvalue weighted by Gasteiger charge is 2.27. The van der Waals surface area contributed by atoms with Gasteiger partial charge in [0.05, 0.1) is 4.90 Å². The maximum Gasteiger partial charge on any atom is 0.286 e. The number of hydrogen-bond donors (Lipinski definition) is 3. The summed E-state index contributed by atoms with van der Waals surface area (Å²) in [4.78, 5) is 27.8. The van der Waals surface area contributed by atoms with Crippen LogP contribution in [0.1, 0.15) is 39.3 Å². The second kappa shape index (κ2) is 7.92. The molecule has 8 nitrogen and oxygen atoms in total. The molecule has 1 fully saturated rings. The van der Waals surface area contributed by atoms with Crippen molar-refractivity contribution < 1.29 is 18.0 Å². The number of nitrogens with one attached hydrogen (secondary N) is 3. The summed E-state index contributed by atoms with van der Waals surface area (Å²) >= 11 is 0. The van der Waals surface area contributed by atoms with E-state index in [1.165, 1.54) is 28.6 Å². The third-order valence-electron chi connectivity index (χ3n) is 5.13. The molecule has 1 saturated heterocycles. The van der Waals surface area contributed by atoms with Gasteiger partial charge in [0.2, 0.25) is 10.0 Å². The molecular formula is C21H22N4O4S. The number of aromatic amines is 1. The first kappa shape index (κ1) is 20.1. The molecule has 3 N–H and O–H groups in total. The first-order valence-electron chi connectivity index (χ1n) is 9.65. The third kappa shape index (κ3) is 3.94. The topological polar surface area (TPSA) is 111 Å². The Morgan fingerprint density at radius 3 is 2.30 bits per heavy atom. The van der Waals surface area contributed by atoms with E-state index in [4.69, 9.17) is 0 Å². The molecule has 156 valence electrons. The van der Waals surface area contributed by atoms with Crippen molar-refractivity contribution in [3.8, 4) is 0 Å². The Hall–Kier alpha value is -3.17. The second-order valence-electron chi connectivity index (χ2n) is 7.32. The highest BCUT2D eigenvalue weighted by molar-refractivity contribution is 7.89. The van der Waals surface area contributed by atoms with E-state index in [2.05, 4.69) is 15.8 Å². The van der Waals surface area contributed by atoms with Gasteiger partial charge in [0.1, 0.15) is 5.69 Å². The number of amides is 2. The smallest absolute Gasteiger partial charge is 0.286 e. The first-order valence-corrected chi connectivity index (χ1v) is 11.1. The number of carbonyl (C=O) groups excluding carboxylic acids is 2. The lowest BCUT2D eigenvalue weighted by Gasteiger charge is -2.15. The van der Waals surface area contributed by atoms with E-state index in [0.29, 0.717) is 18.8 Å². The summed E-state index contributed by atoms with van der Waals surface area (Å²) in [6, 6.07) is 13.2. The van der Waals surface area contributed by atoms with E-state index in [1.54, 1.807) is 6.07 Å². The maximum absolute atomic E-state index is 12.5. The van der Waals surface area contributed by atoms with Crippen molar-refractivity contribution in [3.05, 3.63) is 65.4 Å². The summed E-state index contributed by atoms with van der Waals surface area (Å²) < 4.78 is 26.5. The predicted molar refractivity (Wildman–Crippen MR) is 112 cm³/mol. The van der Waals surface area contributed by atoms with Crippen molar-refractivity contribution in [2.75, 3.05) is 13.1 Å². The molecule has 4 rings (SSSR count). The molecule has 0 unspecified atom stereocenters. The zero-order valence-electron chi connectivity index (χ0n) is 16.4. The molecular weight excluding hydrogens is 404 g/mol. The van der Waals surface area contributed by atoms with Crippen LogP contribution in [0.3, 0.4) is 0 Å². The quantitative estimate of drug-likeness (QED) is 0.556. The fourth-order valence-corrected chi connectivity index (χ4v) is 4.99. The van der Waals surface area contributed by atoms with E-state index in [9.17, 15) is 18.0 Å². The molecule has 0 saturated carbocycles. The predicted octanol–water partition coefficient (Wildman–Crippen LogP) is 2.34. The van der Waals surface area contributed by atoms with Crippen molar-refractivity contribution in [3.63, 3.8) is 0 Å². The van der Waals surface area contributed by atoms with Gasteiger partial charge in [-0.2, -0.15) is 4.31 Å². The molecule has 1 aliphatic rings. The molecule has 2 amide bonds. The van der Waals surface area contributed by atoms with Crippen molar-refractivity contribution in [1.29, 1.82) is 0 Å². The lowest BCUT2D eigenvalue weighted by molar-refractivity contribution is 0.0844. The van der Waals surface area contributed by atoms with Crippen LogP contribution in [-0.2, 0) is 10.0 Å². The summed E-state index contributed by atoms with van der Waals surface area (Å²) in [6.45, 7) is 3.00. The molecule has 0 bridgehead atoms. The molecule has 30 heavy (non-hydrogen) atoms. The van der Waals surface area contributed by atoms with Gasteiger partial charge in [-0.05, 0) is 61.7 Å². The summed E-state index contributed by atoms with van der Waals surface area (Å²) in [5.41, 5.74) is 7.18. The van der Waals surface area contributed by atoms with Crippen LogP contribution in [0.4, 0.5) is 0 Å². The number of fused-ring (bicyclic) bond motifs is 1. The van der Waals surface area contributed by atoms with Crippen molar-refractivity contribution in [1.82, 2.24) is 20.1 Å². The fourth-order valence-electron chi connectivity index (χ4n) is 3.47. The molecule has 1 aromatic heterocycles. The van der Waals surface area contributed by atoms with Crippen LogP contribution in [0, 0.1) is 6.92 Å². The number of rotatable bonds is 4. The van der Waals surface area contributed by atoms with Crippen LogP contribution in [0.25, 0.3) is 10.9 Å². The van der Waals surface area contributed by atoms with Crippen molar-refractivity contribution >= 4 is 32.7 Å². The molecule has 0 atom stereocenters. The number of H-pyrrole nitrogens is 1. The standard InChI is InChI=1S/C21H22N4O4S/c1-14-4-5-16-13-19(22-18(16)12-14)21(27)24-23-20(26)15-6-8-17(9-7-15)30(28,29)25-10-2-3-11-25/h4-9,12-13,22H,2-3,10-11H2,1H3,(H,23,26)(H,24,27). The van der Waals surface area contributed by atoms with E-state index in [-0.39, 0.29) is 10.5 Å². The van der Waals surface area contributed by atoms with Gasteiger partial charge in [-0.1, -0.05) is 12.1 Å². The fraction of sp³-hybridized carbons (Fsp3) is 0.238. The SMILES string of the molecule is Cc1ccc2cc(C(=O)NNC(=O)c3ccc(S(=O)(=O)N4CCCC4)cc3)[nH]c2c1. The number of carbonyl (C=O) groups is 2. The minimum atomic E-state index is -3.53. The number of nitrogens with zero attached hydrogens (tertiary/aromatic N) is 1. The number of aromatic nitrogens is 1. The Bertz CT molecular complexity index is 1210. The van der Waals surface area contributed by atoms with Gasteiger partial charge in [-0.15, -0.1) is 0 Å². The number of aryl methyl sites for hydroxylation is 1. The molecule has 2 aromatic carbocycles. The van der Waals surface area contributed by atoms with Gasteiger partial charge in [-0.3, -0.25) is 20.4 Å². The van der Waals surface area contributed by atoms with Crippen LogP contribution in [-0.4, -0.2) is 42.6 Å². The van der Waals surface area contributed by atoms with E-state index < -0.39 is 21.8 Å². The monoisotopic (exact) mass is 426 g/mol. The van der Waals surface area contributed by atoms with Crippen LogP contribution in [0.2, 0.25) is 0 Å². The molecule has 0 radical (unpaired) electrons. The number of hydrazine groups is 1. The first-order chi connectivity index (χ1) is 14.3. The Morgan fingerprint density at radius 1 is 0.933 bits per heavy atom. The van der Waals surface area contributed by atoms with Crippen LogP contribution >= 0.6 is 0 Å². The minimum Gasteiger partial charge on any atom is -0.350 e. The van der Waals surface area contributed by atoms with Crippen LogP contribution < -0.4 is 10.9 Å². The van der Waals surface area contributed by atoms with Crippen LogP contribution in [0.15, 0.2) is 53.4 Å². The molecule has 0 spiro atoms. The van der Waals surface area contributed by atoms with Gasteiger partial charge in [0.25, 0.3) is 11.8 Å². The van der Waals surface area contributed by atoms with E-state index in [0.717, 1.165) is 29.3 Å². The van der Waals surface area contributed by atoms with E-state index in [1.807, 2.05) is 25.1 Å². The maximum atomic E-state index is 12.5. The largest absolute Gasteiger partial charge is 0.350 e. The molecule has 0 aliphatic carbocycles. The van der Waals surface area contributed by atoms with Gasteiger partial charge in [0.15, 0.2) is 0 Å². The zero-order valence-corrected chi connectivity index (χ0v) is 17.3. The molecule has 2 heterocycles. The minimum absolute atomic E-state index is 0.151. The van der Waals surface area contributed by atoms with Gasteiger partial charge >= 0.3 is 0 Å². The highest BCUT2D eigenvalue weighted by Crippen LogP contribution is 2.21. The summed E-state index contributed by atoms with van der Waals surface area (Å²) in [5.74, 6) is -1.02. The number of hydrogen-bond acceptors (Lipinski definition) is 4.